The molecule has 4 rings (SSSR count). The lowest BCUT2D eigenvalue weighted by molar-refractivity contribution is -0.384. The number of Topliss-reactive ketones (excluding diaryl/α,β-unsaturated/α-hetero) is 1. The number of carbonyl (C=O) groups excluding carboxylic acids is 3. The van der Waals surface area contributed by atoms with Crippen LogP contribution in [0.3, 0.4) is 0 Å². The Morgan fingerprint density at radius 2 is 1.40 bits per heavy atom. The van der Waals surface area contributed by atoms with Gasteiger partial charge in [-0.2, -0.15) is 0 Å². The molecule has 42 heavy (non-hydrogen) atoms. The zero-order chi connectivity index (χ0) is 30.1. The number of carbonyl (C=O) groups is 3. The fraction of sp³-hybridized carbons (Fsp3) is 0.182. The van der Waals surface area contributed by atoms with Crippen LogP contribution in [-0.2, 0) is 19.7 Å². The van der Waals surface area contributed by atoms with Gasteiger partial charge in [-0.15, -0.1) is 0 Å². The third-order valence-corrected chi connectivity index (χ3v) is 6.74. The molecule has 0 aliphatic carbocycles. The highest BCUT2D eigenvalue weighted by atomic mass is 16.6. The van der Waals surface area contributed by atoms with E-state index >= 15 is 0 Å². The molecule has 0 aliphatic rings. The normalized spacial score (nSPS) is 10.9. The zero-order valence-corrected chi connectivity index (χ0v) is 23.2. The van der Waals surface area contributed by atoms with Crippen LogP contribution in [-0.4, -0.2) is 29.2 Å². The Labute approximate surface area is 243 Å². The van der Waals surface area contributed by atoms with Crippen molar-refractivity contribution >= 4 is 29.0 Å². The summed E-state index contributed by atoms with van der Waals surface area (Å²) < 4.78 is 10.9. The number of esters is 1. The number of nitro groups is 1. The Morgan fingerprint density at radius 3 is 2.05 bits per heavy atom. The summed E-state index contributed by atoms with van der Waals surface area (Å²) in [5.74, 6) is -0.430. The number of benzene rings is 4. The van der Waals surface area contributed by atoms with Crippen molar-refractivity contribution in [3.05, 3.63) is 130 Å². The number of hydrogen-bond acceptors (Lipinski definition) is 7. The van der Waals surface area contributed by atoms with Crippen molar-refractivity contribution in [2.24, 2.45) is 0 Å². The van der Waals surface area contributed by atoms with Gasteiger partial charge in [0.25, 0.3) is 5.69 Å². The van der Waals surface area contributed by atoms with E-state index in [2.05, 4.69) is 31.3 Å². The van der Waals surface area contributed by atoms with E-state index in [9.17, 15) is 24.5 Å². The smallest absolute Gasteiger partial charge is 0.306 e. The fourth-order valence-corrected chi connectivity index (χ4v) is 4.24. The molecule has 4 aromatic rings. The van der Waals surface area contributed by atoms with Gasteiger partial charge in [-0.05, 0) is 47.5 Å². The van der Waals surface area contributed by atoms with Gasteiger partial charge in [0.05, 0.1) is 11.3 Å². The first kappa shape index (κ1) is 29.7. The molecule has 9 nitrogen and oxygen atoms in total. The highest BCUT2D eigenvalue weighted by Gasteiger charge is 2.22. The highest BCUT2D eigenvalue weighted by Crippen LogP contribution is 2.33. The molecule has 1 N–H and O–H groups in total. The van der Waals surface area contributed by atoms with Crippen molar-refractivity contribution in [2.45, 2.75) is 32.1 Å². The molecule has 0 atom stereocenters. The van der Waals surface area contributed by atoms with Crippen LogP contribution in [0, 0.1) is 10.1 Å². The van der Waals surface area contributed by atoms with Crippen LogP contribution >= 0.6 is 0 Å². The predicted octanol–water partition coefficient (Wildman–Crippen LogP) is 6.86. The fourth-order valence-electron chi connectivity index (χ4n) is 4.24. The number of nitro benzene ring substituents is 1. The molecule has 0 saturated carbocycles. The molecule has 214 valence electrons. The van der Waals surface area contributed by atoms with E-state index in [-0.39, 0.29) is 29.5 Å². The highest BCUT2D eigenvalue weighted by molar-refractivity contribution is 5.98. The second kappa shape index (κ2) is 13.4. The van der Waals surface area contributed by atoms with Crippen LogP contribution in [0.1, 0.15) is 48.2 Å². The standard InChI is InChI=1S/C33H30N2O7/c1-33(2,24-8-4-3-5-9-24)25-11-15-28(16-12-25)42-29-17-13-26(14-18-29)34-31(37)19-20-32(38)41-22-30(36)23-7-6-10-27(21-23)35(39)40/h3-18,21H,19-20,22H2,1-2H3,(H,34,37). The van der Waals surface area contributed by atoms with E-state index in [0.29, 0.717) is 17.2 Å². The molecular weight excluding hydrogens is 536 g/mol. The van der Waals surface area contributed by atoms with E-state index in [4.69, 9.17) is 9.47 Å². The van der Waals surface area contributed by atoms with Gasteiger partial charge in [0.1, 0.15) is 11.5 Å². The van der Waals surface area contributed by atoms with Gasteiger partial charge in [0.2, 0.25) is 11.7 Å². The van der Waals surface area contributed by atoms with Crippen molar-refractivity contribution in [2.75, 3.05) is 11.9 Å². The first-order chi connectivity index (χ1) is 20.1. The van der Waals surface area contributed by atoms with Crippen LogP contribution in [0.5, 0.6) is 11.5 Å². The van der Waals surface area contributed by atoms with Crippen LogP contribution in [0.15, 0.2) is 103 Å². The summed E-state index contributed by atoms with van der Waals surface area (Å²) in [6.07, 6.45) is -0.375. The van der Waals surface area contributed by atoms with Crippen molar-refractivity contribution in [1.82, 2.24) is 0 Å². The van der Waals surface area contributed by atoms with E-state index in [1.165, 1.54) is 23.8 Å². The van der Waals surface area contributed by atoms with Crippen molar-refractivity contribution < 1.29 is 28.8 Å². The minimum atomic E-state index is -0.731. The maximum absolute atomic E-state index is 12.3. The molecule has 0 heterocycles. The van der Waals surface area contributed by atoms with Gasteiger partial charge in [-0.1, -0.05) is 68.4 Å². The molecular formula is C33H30N2O7. The largest absolute Gasteiger partial charge is 0.457 e. The van der Waals surface area contributed by atoms with Gasteiger partial charge in [-0.25, -0.2) is 0 Å². The van der Waals surface area contributed by atoms with Crippen LogP contribution in [0.25, 0.3) is 0 Å². The number of rotatable bonds is 12. The number of non-ortho nitro benzene ring substituents is 1. The molecule has 0 bridgehead atoms. The molecule has 0 spiro atoms. The monoisotopic (exact) mass is 566 g/mol. The maximum atomic E-state index is 12.3. The van der Waals surface area contributed by atoms with Gasteiger partial charge >= 0.3 is 5.97 Å². The first-order valence-corrected chi connectivity index (χ1v) is 13.3. The molecule has 0 aromatic heterocycles. The number of nitrogens with zero attached hydrogens (tertiary/aromatic N) is 1. The van der Waals surface area contributed by atoms with Crippen LogP contribution < -0.4 is 10.1 Å². The Balaban J connectivity index is 1.21. The van der Waals surface area contributed by atoms with Crippen LogP contribution in [0.4, 0.5) is 11.4 Å². The molecule has 0 aliphatic heterocycles. The summed E-state index contributed by atoms with van der Waals surface area (Å²) in [7, 11) is 0. The Kier molecular flexibility index (Phi) is 9.44. The average molecular weight is 567 g/mol. The number of ether oxygens (including phenoxy) is 2. The van der Waals surface area contributed by atoms with E-state index < -0.39 is 29.2 Å². The summed E-state index contributed by atoms with van der Waals surface area (Å²) in [5, 5.41) is 13.6. The molecule has 4 aromatic carbocycles. The average Bonchev–Trinajstić information content (AvgIpc) is 3.00. The van der Waals surface area contributed by atoms with E-state index in [1.54, 1.807) is 24.3 Å². The van der Waals surface area contributed by atoms with Gasteiger partial charge < -0.3 is 14.8 Å². The lowest BCUT2D eigenvalue weighted by atomic mass is 9.78. The number of hydrogen-bond donors (Lipinski definition) is 1. The topological polar surface area (TPSA) is 125 Å². The quantitative estimate of drug-likeness (QED) is 0.0860. The number of ketones is 1. The third-order valence-electron chi connectivity index (χ3n) is 6.74. The zero-order valence-electron chi connectivity index (χ0n) is 23.2. The first-order valence-electron chi connectivity index (χ1n) is 13.3. The summed E-state index contributed by atoms with van der Waals surface area (Å²) in [4.78, 5) is 46.7. The van der Waals surface area contributed by atoms with Gasteiger partial charge in [0, 0.05) is 35.2 Å². The second-order valence-electron chi connectivity index (χ2n) is 10.1. The third kappa shape index (κ3) is 7.88. The van der Waals surface area contributed by atoms with Gasteiger partial charge in [-0.3, -0.25) is 24.5 Å². The van der Waals surface area contributed by atoms with Crippen molar-refractivity contribution in [3.8, 4) is 11.5 Å². The maximum Gasteiger partial charge on any atom is 0.306 e. The minimum absolute atomic E-state index is 0.0613. The molecule has 0 saturated heterocycles. The van der Waals surface area contributed by atoms with Crippen molar-refractivity contribution in [3.63, 3.8) is 0 Å². The predicted molar refractivity (Wildman–Crippen MR) is 158 cm³/mol. The summed E-state index contributed by atoms with van der Waals surface area (Å²) in [6, 6.07) is 30.2. The molecule has 1 amide bonds. The van der Waals surface area contributed by atoms with Crippen LogP contribution in [0.2, 0.25) is 0 Å². The molecule has 0 fully saturated rings. The number of nitrogens with one attached hydrogen (secondary N) is 1. The molecule has 0 radical (unpaired) electrons. The number of amides is 1. The minimum Gasteiger partial charge on any atom is -0.457 e. The summed E-state index contributed by atoms with van der Waals surface area (Å²) in [6.45, 7) is 3.78. The lowest BCUT2D eigenvalue weighted by Gasteiger charge is -2.26. The summed E-state index contributed by atoms with van der Waals surface area (Å²) >= 11 is 0. The SMILES string of the molecule is CC(C)(c1ccccc1)c1ccc(Oc2ccc(NC(=O)CCC(=O)OCC(=O)c3cccc([N+](=O)[O-])c3)cc2)cc1. The molecule has 9 heteroatoms. The van der Waals surface area contributed by atoms with Crippen molar-refractivity contribution in [1.29, 1.82) is 0 Å². The van der Waals surface area contributed by atoms with E-state index in [0.717, 1.165) is 11.6 Å². The summed E-state index contributed by atoms with van der Waals surface area (Å²) in [5.41, 5.74) is 2.59. The Bertz CT molecular complexity index is 1560. The Morgan fingerprint density at radius 1 is 0.786 bits per heavy atom. The Hall–Kier alpha value is -5.31. The second-order valence-corrected chi connectivity index (χ2v) is 10.1. The molecule has 0 unspecified atom stereocenters. The number of anilines is 1. The lowest BCUT2D eigenvalue weighted by Crippen LogP contribution is -2.18. The van der Waals surface area contributed by atoms with E-state index in [1.807, 2.05) is 42.5 Å². The van der Waals surface area contributed by atoms with Gasteiger partial charge in [0.15, 0.2) is 6.61 Å².